The summed E-state index contributed by atoms with van der Waals surface area (Å²) in [4.78, 5) is 23.3. The van der Waals surface area contributed by atoms with E-state index in [4.69, 9.17) is 9.84 Å². The summed E-state index contributed by atoms with van der Waals surface area (Å²) in [5, 5.41) is 8.04. The average Bonchev–Trinajstić information content (AvgIpc) is 2.29. The molecule has 7 heteroatoms. The van der Waals surface area contributed by atoms with Gasteiger partial charge in [0.1, 0.15) is 6.61 Å². The largest absolute Gasteiger partial charge is 0.358 e. The standard InChI is InChI=1S/C6H10O3.C4H8O3.6CH4.2CH3.CH2.W/c1-5(2)8-4-9-6(3)7;1-4(6)7-3-2-5;;;;;;;;;;/h1,4H2,2-3H3;5H,2-3H2,1H3;6*1H4;2*1H3;1H2;/q;;;;;;;;2*-1;;. The first-order valence-electron chi connectivity index (χ1n) is 4.85. The second-order valence-electron chi connectivity index (χ2n) is 2.66. The molecule has 0 rings (SSSR count). The molecule has 0 atom stereocenters. The van der Waals surface area contributed by atoms with Crippen LogP contribution in [0.2, 0.25) is 0 Å². The molecule has 1 N–H and O–H groups in total. The summed E-state index contributed by atoms with van der Waals surface area (Å²) in [6.45, 7) is 7.72. The average molecular weight is 558 g/mol. The molecule has 0 saturated heterocycles. The summed E-state index contributed by atoms with van der Waals surface area (Å²) in [7, 11) is 0. The topological polar surface area (TPSA) is 82.1 Å². The molecule has 0 heterocycles. The molecule has 6 nitrogen and oxygen atoms in total. The number of rotatable bonds is 5. The Bertz CT molecular complexity index is 232. The van der Waals surface area contributed by atoms with Crippen LogP contribution in [0.4, 0.5) is 0 Å². The van der Waals surface area contributed by atoms with Crippen LogP contribution in [0.1, 0.15) is 65.3 Å². The number of hydrogen-bond acceptors (Lipinski definition) is 6. The zero-order valence-electron chi connectivity index (χ0n) is 12.9. The van der Waals surface area contributed by atoms with Crippen LogP contribution in [0.5, 0.6) is 0 Å². The zero-order chi connectivity index (χ0) is 15.0. The summed E-state index contributed by atoms with van der Waals surface area (Å²) in [6.07, 6.45) is 0. The molecule has 0 aliphatic rings. The molecule has 0 aromatic rings. The molecule has 26 heavy (non-hydrogen) atoms. The predicted molar refractivity (Wildman–Crippen MR) is 117 cm³/mol. The molecule has 0 aliphatic carbocycles. The summed E-state index contributed by atoms with van der Waals surface area (Å²) in [5.41, 5.74) is 0. The van der Waals surface area contributed by atoms with Crippen LogP contribution in [-0.4, -0.2) is 42.0 Å². The van der Waals surface area contributed by atoms with Gasteiger partial charge in [-0.25, -0.2) is 0 Å². The van der Waals surface area contributed by atoms with Gasteiger partial charge in [0.05, 0.1) is 12.4 Å². The fourth-order valence-corrected chi connectivity index (χ4v) is 0.402. The molecule has 0 aromatic heterocycles. The Morgan fingerprint density at radius 2 is 1.12 bits per heavy atom. The van der Waals surface area contributed by atoms with Crippen LogP contribution in [0.15, 0.2) is 12.3 Å². The molecular weight excluding hydrogens is 508 g/mol. The summed E-state index contributed by atoms with van der Waals surface area (Å²) >= 11 is 1.33. The molecule has 0 aromatic carbocycles. The summed E-state index contributed by atoms with van der Waals surface area (Å²) in [6, 6.07) is 0. The van der Waals surface area contributed by atoms with E-state index in [1.165, 1.54) is 33.2 Å². The van der Waals surface area contributed by atoms with E-state index < -0.39 is 0 Å². The van der Waals surface area contributed by atoms with E-state index in [1.807, 2.05) is 0 Å². The number of aliphatic hydroxyl groups excluding tert-OH is 1. The van der Waals surface area contributed by atoms with Crippen molar-refractivity contribution >= 4 is 16.8 Å². The van der Waals surface area contributed by atoms with Gasteiger partial charge in [-0.05, 0) is 6.92 Å². The minimum Gasteiger partial charge on any atom is -0.358 e. The Kier molecular flexibility index (Phi) is 183. The van der Waals surface area contributed by atoms with Crippen molar-refractivity contribution in [1.82, 2.24) is 0 Å². The number of hydrogen-bond donors (Lipinski definition) is 1. The van der Waals surface area contributed by atoms with Gasteiger partial charge in [0.25, 0.3) is 0 Å². The molecule has 0 spiro atoms. The molecule has 0 aliphatic heterocycles. The van der Waals surface area contributed by atoms with E-state index in [2.05, 4.69) is 21.0 Å². The van der Waals surface area contributed by atoms with Crippen LogP contribution in [0.3, 0.4) is 0 Å². The van der Waals surface area contributed by atoms with E-state index >= 15 is 0 Å². The molecule has 0 bridgehead atoms. The molecule has 0 fully saturated rings. The minimum atomic E-state index is -0.353. The molecule has 0 radical (unpaired) electrons. The van der Waals surface area contributed by atoms with Crippen molar-refractivity contribution in [1.29, 1.82) is 0 Å². The van der Waals surface area contributed by atoms with Gasteiger partial charge in [0.2, 0.25) is 6.79 Å². The maximum Gasteiger partial charge on any atom is -0.358 e. The first kappa shape index (κ1) is 73.5. The maximum absolute atomic E-state index is 10.1. The first-order valence-corrected chi connectivity index (χ1v) is 6.92. The van der Waals surface area contributed by atoms with Crippen molar-refractivity contribution in [3.05, 3.63) is 27.2 Å². The number of carbonyl (C=O) groups is 2. The van der Waals surface area contributed by atoms with Gasteiger partial charge in [-0.2, -0.15) is 0 Å². The van der Waals surface area contributed by atoms with Gasteiger partial charge in [0.15, 0.2) is 0 Å². The number of aliphatic hydroxyl groups is 1. The van der Waals surface area contributed by atoms with Crippen molar-refractivity contribution in [2.45, 2.75) is 65.3 Å². The van der Waals surface area contributed by atoms with Gasteiger partial charge in [-0.15, -0.1) is 0 Å². The van der Waals surface area contributed by atoms with Gasteiger partial charge in [-0.1, -0.05) is 51.1 Å². The van der Waals surface area contributed by atoms with Crippen LogP contribution in [0, 0.1) is 14.9 Å². The van der Waals surface area contributed by atoms with Gasteiger partial charge >= 0.3 is 36.2 Å². The molecule has 0 unspecified atom stereocenters. The van der Waals surface area contributed by atoms with Crippen molar-refractivity contribution in [2.24, 2.45) is 0 Å². The summed E-state index contributed by atoms with van der Waals surface area (Å²) < 4.78 is 13.4. The fourth-order valence-electron chi connectivity index (χ4n) is 0.402. The minimum absolute atomic E-state index is 0. The number of carbonyl (C=O) groups excluding carboxylic acids is 2. The van der Waals surface area contributed by atoms with Crippen LogP contribution >= 0.6 is 0 Å². The van der Waals surface area contributed by atoms with Crippen LogP contribution < -0.4 is 0 Å². The monoisotopic (exact) mass is 558 g/mol. The molecule has 0 amide bonds. The second kappa shape index (κ2) is 64.8. The second-order valence-corrected chi connectivity index (χ2v) is 2.66. The van der Waals surface area contributed by atoms with E-state index in [1.54, 1.807) is 6.92 Å². The Morgan fingerprint density at radius 1 is 0.808 bits per heavy atom. The van der Waals surface area contributed by atoms with E-state index in [9.17, 15) is 9.59 Å². The summed E-state index contributed by atoms with van der Waals surface area (Å²) in [5.74, 6) is -0.165. The van der Waals surface area contributed by atoms with Crippen molar-refractivity contribution in [3.63, 3.8) is 0 Å². The smallest absolute Gasteiger partial charge is 0.358 e. The number of ether oxygens (including phenoxy) is 3. The maximum atomic E-state index is 10.1. The van der Waals surface area contributed by atoms with E-state index in [-0.39, 0.29) is 91.4 Å². The predicted octanol–water partition coefficient (Wildman–Crippen LogP) is 5.28. The third-order valence-corrected chi connectivity index (χ3v) is 0.964. The Balaban J connectivity index is -0.0000000138. The van der Waals surface area contributed by atoms with E-state index in [0.717, 1.165) is 0 Å². The van der Waals surface area contributed by atoms with Crippen molar-refractivity contribution < 1.29 is 48.3 Å². The third kappa shape index (κ3) is 137. The Hall–Kier alpha value is -1.00. The third-order valence-electron chi connectivity index (χ3n) is 0.964. The zero-order valence-corrected chi connectivity index (χ0v) is 15.9. The van der Waals surface area contributed by atoms with Crippen LogP contribution in [0.25, 0.3) is 0 Å². The molecule has 0 saturated carbocycles. The fraction of sp³-hybridized carbons (Fsp3) is 0.632. The Labute approximate surface area is 177 Å². The molecular formula is C19H50O6W-2. The van der Waals surface area contributed by atoms with Gasteiger partial charge in [-0.3, -0.25) is 9.59 Å². The van der Waals surface area contributed by atoms with Gasteiger partial charge < -0.3 is 34.2 Å². The van der Waals surface area contributed by atoms with Crippen LogP contribution in [-0.2, 0) is 43.2 Å². The van der Waals surface area contributed by atoms with Gasteiger partial charge in [0, 0.05) is 13.8 Å². The van der Waals surface area contributed by atoms with E-state index in [0.29, 0.717) is 5.76 Å². The molecule has 170 valence electrons. The Morgan fingerprint density at radius 3 is 1.27 bits per heavy atom. The number of esters is 2. The normalized spacial score (nSPS) is 5.23. The number of allylic oxidation sites excluding steroid dienone is 1. The first-order chi connectivity index (χ1) is 8.40. The van der Waals surface area contributed by atoms with Crippen molar-refractivity contribution in [2.75, 3.05) is 20.0 Å². The SMILES string of the molecule is C.C.C.C.C.C.C=C(C)OCOC(C)=O.CC(=O)OCCO.[CH2]=[W].[CH3-].[CH3-]. The quantitative estimate of drug-likeness (QED) is 0.214. The van der Waals surface area contributed by atoms with Crippen molar-refractivity contribution in [3.8, 4) is 0 Å².